The molecule has 0 unspecified atom stereocenters. The van der Waals surface area contributed by atoms with E-state index < -0.39 is 10.2 Å². The van der Waals surface area contributed by atoms with Crippen molar-refractivity contribution in [2.75, 3.05) is 26.7 Å². The van der Waals surface area contributed by atoms with E-state index in [0.717, 1.165) is 13.0 Å². The molecule has 0 saturated heterocycles. The smallest absolute Gasteiger partial charge is 0.281 e. The molecule has 0 fully saturated rings. The second kappa shape index (κ2) is 8.97. The van der Waals surface area contributed by atoms with E-state index in [2.05, 4.69) is 19.2 Å². The molecular formula is C14H33N3O2S. The Kier molecular flexibility index (Phi) is 8.90. The fraction of sp³-hybridized carbons (Fsp3) is 1.00. The van der Waals surface area contributed by atoms with Crippen LogP contribution in [0.15, 0.2) is 0 Å². The Bertz CT molecular complexity index is 353. The highest BCUT2D eigenvalue weighted by molar-refractivity contribution is 7.86. The van der Waals surface area contributed by atoms with Crippen LogP contribution in [0.25, 0.3) is 0 Å². The van der Waals surface area contributed by atoms with Crippen LogP contribution >= 0.6 is 0 Å². The topological polar surface area (TPSA) is 52.7 Å². The van der Waals surface area contributed by atoms with Crippen molar-refractivity contribution in [3.63, 3.8) is 0 Å². The Morgan fingerprint density at radius 1 is 1.05 bits per heavy atom. The summed E-state index contributed by atoms with van der Waals surface area (Å²) in [5.74, 6) is 0.322. The Morgan fingerprint density at radius 2 is 1.60 bits per heavy atom. The van der Waals surface area contributed by atoms with Crippen LogP contribution in [-0.4, -0.2) is 55.8 Å². The number of hydrogen-bond acceptors (Lipinski definition) is 3. The molecule has 1 N–H and O–H groups in total. The highest BCUT2D eigenvalue weighted by Gasteiger charge is 2.29. The average molecular weight is 308 g/mol. The lowest BCUT2D eigenvalue weighted by molar-refractivity contribution is 0.290. The molecule has 0 aromatic heterocycles. The first-order valence-electron chi connectivity index (χ1n) is 7.55. The van der Waals surface area contributed by atoms with E-state index in [1.165, 1.54) is 4.31 Å². The molecule has 0 aromatic rings. The molecule has 0 saturated carbocycles. The van der Waals surface area contributed by atoms with E-state index in [4.69, 9.17) is 0 Å². The summed E-state index contributed by atoms with van der Waals surface area (Å²) in [7, 11) is -1.69. The fourth-order valence-electron chi connectivity index (χ4n) is 1.92. The van der Waals surface area contributed by atoms with Gasteiger partial charge in [0.25, 0.3) is 10.2 Å². The van der Waals surface area contributed by atoms with Crippen molar-refractivity contribution in [3.8, 4) is 0 Å². The quantitative estimate of drug-likeness (QED) is 0.627. The van der Waals surface area contributed by atoms with Crippen molar-refractivity contribution in [2.45, 2.75) is 60.0 Å². The molecule has 20 heavy (non-hydrogen) atoms. The molecule has 0 heterocycles. The predicted molar refractivity (Wildman–Crippen MR) is 86.0 cm³/mol. The molecule has 0 radical (unpaired) electrons. The molecule has 0 amide bonds. The Morgan fingerprint density at radius 3 is 2.00 bits per heavy atom. The minimum absolute atomic E-state index is 0.0151. The molecule has 0 rings (SSSR count). The number of rotatable bonds is 10. The maximum absolute atomic E-state index is 12.6. The van der Waals surface area contributed by atoms with E-state index in [0.29, 0.717) is 25.0 Å². The maximum Gasteiger partial charge on any atom is 0.281 e. The first-order valence-corrected chi connectivity index (χ1v) is 8.95. The van der Waals surface area contributed by atoms with Gasteiger partial charge in [-0.2, -0.15) is 17.0 Å². The molecule has 122 valence electrons. The van der Waals surface area contributed by atoms with Gasteiger partial charge in [-0.25, -0.2) is 0 Å². The van der Waals surface area contributed by atoms with Gasteiger partial charge in [0, 0.05) is 32.2 Å². The Hall–Kier alpha value is -0.170. The first-order chi connectivity index (χ1) is 9.09. The van der Waals surface area contributed by atoms with Crippen LogP contribution in [0, 0.1) is 5.92 Å². The zero-order chi connectivity index (χ0) is 15.9. The van der Waals surface area contributed by atoms with Crippen LogP contribution in [0.3, 0.4) is 0 Å². The normalized spacial score (nSPS) is 13.4. The second-order valence-electron chi connectivity index (χ2n) is 6.35. The molecule has 0 aromatic carbocycles. The van der Waals surface area contributed by atoms with Crippen molar-refractivity contribution < 1.29 is 8.42 Å². The van der Waals surface area contributed by atoms with E-state index in [1.807, 2.05) is 27.7 Å². The van der Waals surface area contributed by atoms with Gasteiger partial charge in [-0.1, -0.05) is 27.7 Å². The van der Waals surface area contributed by atoms with Gasteiger partial charge in [-0.3, -0.25) is 0 Å². The summed E-state index contributed by atoms with van der Waals surface area (Å²) in [6, 6.07) is 0.420. The molecular weight excluding hydrogens is 274 g/mol. The number of nitrogens with zero attached hydrogens (tertiary/aromatic N) is 2. The van der Waals surface area contributed by atoms with E-state index in [1.54, 1.807) is 11.4 Å². The van der Waals surface area contributed by atoms with Crippen LogP contribution in [0.5, 0.6) is 0 Å². The lowest BCUT2D eigenvalue weighted by Gasteiger charge is -2.31. The summed E-state index contributed by atoms with van der Waals surface area (Å²) in [6.45, 7) is 14.0. The second-order valence-corrected chi connectivity index (χ2v) is 8.34. The van der Waals surface area contributed by atoms with Crippen molar-refractivity contribution >= 4 is 10.2 Å². The Labute approximate surface area is 125 Å². The van der Waals surface area contributed by atoms with Crippen LogP contribution in [0.1, 0.15) is 48.0 Å². The highest BCUT2D eigenvalue weighted by Crippen LogP contribution is 2.14. The molecule has 0 aliphatic rings. The molecule has 0 atom stereocenters. The van der Waals surface area contributed by atoms with Crippen LogP contribution in [0.2, 0.25) is 0 Å². The third-order valence-electron chi connectivity index (χ3n) is 3.01. The van der Waals surface area contributed by atoms with Gasteiger partial charge in [0.1, 0.15) is 0 Å². The largest absolute Gasteiger partial charge is 0.314 e. The summed E-state index contributed by atoms with van der Waals surface area (Å²) in [5.41, 5.74) is 0. The van der Waals surface area contributed by atoms with Crippen molar-refractivity contribution in [2.24, 2.45) is 5.92 Å². The van der Waals surface area contributed by atoms with E-state index >= 15 is 0 Å². The Balaban J connectivity index is 4.57. The maximum atomic E-state index is 12.6. The predicted octanol–water partition coefficient (Wildman–Crippen LogP) is 1.92. The summed E-state index contributed by atoms with van der Waals surface area (Å²) in [5, 5.41) is 3.30. The molecule has 5 nitrogen and oxygen atoms in total. The van der Waals surface area contributed by atoms with Crippen LogP contribution < -0.4 is 5.32 Å². The van der Waals surface area contributed by atoms with Gasteiger partial charge in [-0.05, 0) is 32.7 Å². The minimum Gasteiger partial charge on any atom is -0.314 e. The summed E-state index contributed by atoms with van der Waals surface area (Å²) in [4.78, 5) is 0. The monoisotopic (exact) mass is 307 g/mol. The van der Waals surface area contributed by atoms with Gasteiger partial charge in [0.05, 0.1) is 0 Å². The lowest BCUT2D eigenvalue weighted by Crippen LogP contribution is -2.47. The molecule has 0 aliphatic carbocycles. The third-order valence-corrected chi connectivity index (χ3v) is 5.15. The van der Waals surface area contributed by atoms with Crippen molar-refractivity contribution in [1.82, 2.24) is 13.9 Å². The zero-order valence-electron chi connectivity index (χ0n) is 14.2. The summed E-state index contributed by atoms with van der Waals surface area (Å²) >= 11 is 0. The van der Waals surface area contributed by atoms with Gasteiger partial charge < -0.3 is 5.32 Å². The van der Waals surface area contributed by atoms with Gasteiger partial charge in [0.2, 0.25) is 0 Å². The van der Waals surface area contributed by atoms with Gasteiger partial charge in [0.15, 0.2) is 0 Å². The highest BCUT2D eigenvalue weighted by atomic mass is 32.2. The SMILES string of the molecule is CC(C)CN(C(C)C)S(=O)(=O)N(C)CCCNC(C)C. The molecule has 0 bridgehead atoms. The lowest BCUT2D eigenvalue weighted by atomic mass is 10.2. The standard InChI is InChI=1S/C14H33N3O2S/c1-12(2)11-17(14(5)6)20(18,19)16(7)10-8-9-15-13(3)4/h12-15H,8-11H2,1-7H3. The fourth-order valence-corrected chi connectivity index (χ4v) is 3.66. The average Bonchev–Trinajstić information content (AvgIpc) is 2.30. The van der Waals surface area contributed by atoms with Crippen molar-refractivity contribution in [1.29, 1.82) is 0 Å². The van der Waals surface area contributed by atoms with E-state index in [9.17, 15) is 8.42 Å². The molecule has 6 heteroatoms. The van der Waals surface area contributed by atoms with Crippen molar-refractivity contribution in [3.05, 3.63) is 0 Å². The van der Waals surface area contributed by atoms with Gasteiger partial charge >= 0.3 is 0 Å². The summed E-state index contributed by atoms with van der Waals surface area (Å²) < 4.78 is 28.2. The first kappa shape index (κ1) is 19.8. The number of nitrogens with one attached hydrogen (secondary N) is 1. The molecule has 0 spiro atoms. The third kappa shape index (κ3) is 7.02. The summed E-state index contributed by atoms with van der Waals surface area (Å²) in [6.07, 6.45) is 0.821. The van der Waals surface area contributed by atoms with Crippen LogP contribution in [0.4, 0.5) is 0 Å². The van der Waals surface area contributed by atoms with E-state index in [-0.39, 0.29) is 6.04 Å². The zero-order valence-corrected chi connectivity index (χ0v) is 15.0. The minimum atomic E-state index is -3.36. The van der Waals surface area contributed by atoms with Gasteiger partial charge in [-0.15, -0.1) is 0 Å². The number of hydrogen-bond donors (Lipinski definition) is 1. The molecule has 0 aliphatic heterocycles. The van der Waals surface area contributed by atoms with Crippen LogP contribution in [-0.2, 0) is 10.2 Å².